The Morgan fingerprint density at radius 2 is 1.96 bits per heavy atom. The first-order valence-corrected chi connectivity index (χ1v) is 8.59. The summed E-state index contributed by atoms with van der Waals surface area (Å²) in [4.78, 5) is 28.1. The molecule has 3 rings (SSSR count). The maximum Gasteiger partial charge on any atom is 0.255 e. The second-order valence-corrected chi connectivity index (χ2v) is 6.10. The van der Waals surface area contributed by atoms with Gasteiger partial charge in [0.2, 0.25) is 5.91 Å². The molecule has 1 aromatic carbocycles. The molecule has 1 unspecified atom stereocenters. The normalized spacial score (nSPS) is 15.5. The summed E-state index contributed by atoms with van der Waals surface area (Å²) in [6, 6.07) is 10.8. The third-order valence-corrected chi connectivity index (χ3v) is 4.06. The van der Waals surface area contributed by atoms with E-state index in [0.717, 1.165) is 12.1 Å². The Balaban J connectivity index is 0.00000196. The first-order chi connectivity index (χ1) is 12.7. The average molecular weight is 427 g/mol. The molecular formula is C19H24Cl2N4O3. The lowest BCUT2D eigenvalue weighted by Crippen LogP contribution is -2.44. The number of pyridine rings is 1. The molecular weight excluding hydrogens is 403 g/mol. The van der Waals surface area contributed by atoms with Gasteiger partial charge in [-0.15, -0.1) is 24.8 Å². The number of ether oxygens (including phenoxy) is 1. The molecule has 1 aliphatic rings. The van der Waals surface area contributed by atoms with Crippen LogP contribution in [0.5, 0.6) is 0 Å². The van der Waals surface area contributed by atoms with Crippen LogP contribution in [0.4, 0.5) is 5.69 Å². The van der Waals surface area contributed by atoms with Gasteiger partial charge in [-0.25, -0.2) is 0 Å². The monoisotopic (exact) mass is 426 g/mol. The minimum Gasteiger partial charge on any atom is -0.378 e. The highest BCUT2D eigenvalue weighted by atomic mass is 35.5. The number of hydrogen-bond acceptors (Lipinski definition) is 5. The van der Waals surface area contributed by atoms with Gasteiger partial charge in [0.1, 0.15) is 0 Å². The summed E-state index contributed by atoms with van der Waals surface area (Å²) < 4.78 is 5.34. The summed E-state index contributed by atoms with van der Waals surface area (Å²) >= 11 is 0. The molecule has 152 valence electrons. The number of nitrogens with zero attached hydrogens (tertiary/aromatic N) is 1. The number of halogens is 2. The van der Waals surface area contributed by atoms with Gasteiger partial charge in [-0.05, 0) is 29.8 Å². The van der Waals surface area contributed by atoms with Crippen LogP contribution in [0.1, 0.15) is 22.3 Å². The Kier molecular flexibility index (Phi) is 10.5. The number of carbonyl (C=O) groups excluding carboxylic acids is 2. The number of benzene rings is 1. The van der Waals surface area contributed by atoms with Crippen LogP contribution < -0.4 is 16.0 Å². The van der Waals surface area contributed by atoms with Crippen molar-refractivity contribution in [3.63, 3.8) is 0 Å². The summed E-state index contributed by atoms with van der Waals surface area (Å²) in [7, 11) is 0. The highest BCUT2D eigenvalue weighted by Crippen LogP contribution is 2.09. The number of morpholine rings is 1. The van der Waals surface area contributed by atoms with Gasteiger partial charge in [0.15, 0.2) is 0 Å². The maximum absolute atomic E-state index is 12.2. The Morgan fingerprint density at radius 1 is 1.18 bits per heavy atom. The number of hydrogen-bond donors (Lipinski definition) is 3. The summed E-state index contributed by atoms with van der Waals surface area (Å²) in [5.41, 5.74) is 2.13. The second-order valence-electron chi connectivity index (χ2n) is 6.10. The minimum absolute atomic E-state index is 0. The molecule has 1 aromatic heterocycles. The molecule has 0 aliphatic carbocycles. The molecule has 3 N–H and O–H groups in total. The Hall–Kier alpha value is -2.19. The van der Waals surface area contributed by atoms with Gasteiger partial charge in [-0.3, -0.25) is 14.6 Å². The van der Waals surface area contributed by atoms with Gasteiger partial charge < -0.3 is 20.7 Å². The second kappa shape index (κ2) is 12.3. The SMILES string of the molecule is Cl.Cl.O=C(CC1COCCN1)NCc1ccc(C(=O)Nc2cccnc2)cc1. The quantitative estimate of drug-likeness (QED) is 0.657. The molecule has 0 radical (unpaired) electrons. The Labute approximate surface area is 176 Å². The fourth-order valence-corrected chi connectivity index (χ4v) is 2.66. The van der Waals surface area contributed by atoms with Crippen molar-refractivity contribution in [3.05, 3.63) is 59.9 Å². The van der Waals surface area contributed by atoms with E-state index in [9.17, 15) is 9.59 Å². The maximum atomic E-state index is 12.2. The molecule has 0 spiro atoms. The zero-order valence-electron chi connectivity index (χ0n) is 15.2. The standard InChI is InChI=1S/C19H22N4O3.2ClH/c24-18(10-17-13-26-9-8-21-17)22-11-14-3-5-15(6-4-14)19(25)23-16-2-1-7-20-12-16;;/h1-7,12,17,21H,8-11,13H2,(H,22,24)(H,23,25);2*1H. The molecule has 0 bridgehead atoms. The third kappa shape index (κ3) is 7.44. The lowest BCUT2D eigenvalue weighted by Gasteiger charge is -2.23. The fourth-order valence-electron chi connectivity index (χ4n) is 2.66. The van der Waals surface area contributed by atoms with E-state index in [1.54, 1.807) is 36.7 Å². The van der Waals surface area contributed by atoms with Crippen LogP contribution in [0, 0.1) is 0 Å². The van der Waals surface area contributed by atoms with Crippen LogP contribution in [0.15, 0.2) is 48.8 Å². The number of aromatic nitrogens is 1. The summed E-state index contributed by atoms with van der Waals surface area (Å²) in [6.45, 7) is 2.46. The van der Waals surface area contributed by atoms with Crippen LogP contribution in [0.25, 0.3) is 0 Å². The van der Waals surface area contributed by atoms with Crippen molar-refractivity contribution < 1.29 is 14.3 Å². The summed E-state index contributed by atoms with van der Waals surface area (Å²) in [5, 5.41) is 8.93. The number of rotatable bonds is 6. The van der Waals surface area contributed by atoms with Gasteiger partial charge in [0, 0.05) is 37.3 Å². The van der Waals surface area contributed by atoms with Crippen molar-refractivity contribution in [1.29, 1.82) is 0 Å². The van der Waals surface area contributed by atoms with Crippen LogP contribution in [0.3, 0.4) is 0 Å². The van der Waals surface area contributed by atoms with E-state index >= 15 is 0 Å². The highest BCUT2D eigenvalue weighted by Gasteiger charge is 2.16. The van der Waals surface area contributed by atoms with E-state index in [0.29, 0.717) is 37.4 Å². The van der Waals surface area contributed by atoms with Crippen molar-refractivity contribution in [2.75, 3.05) is 25.1 Å². The minimum atomic E-state index is -0.197. The lowest BCUT2D eigenvalue weighted by molar-refractivity contribution is -0.122. The van der Waals surface area contributed by atoms with Crippen molar-refractivity contribution in [2.45, 2.75) is 19.0 Å². The van der Waals surface area contributed by atoms with Gasteiger partial charge in [-0.1, -0.05) is 12.1 Å². The summed E-state index contributed by atoms with van der Waals surface area (Å²) in [6.07, 6.45) is 3.63. The fraction of sp³-hybridized carbons (Fsp3) is 0.316. The van der Waals surface area contributed by atoms with Gasteiger partial charge in [0.05, 0.1) is 25.1 Å². The van der Waals surface area contributed by atoms with E-state index in [4.69, 9.17) is 4.74 Å². The zero-order chi connectivity index (χ0) is 18.2. The zero-order valence-corrected chi connectivity index (χ0v) is 16.9. The van der Waals surface area contributed by atoms with Gasteiger partial charge in [-0.2, -0.15) is 0 Å². The molecule has 9 heteroatoms. The largest absolute Gasteiger partial charge is 0.378 e. The molecule has 7 nitrogen and oxygen atoms in total. The molecule has 2 heterocycles. The van der Waals surface area contributed by atoms with Crippen molar-refractivity contribution in [3.8, 4) is 0 Å². The van der Waals surface area contributed by atoms with E-state index < -0.39 is 0 Å². The Morgan fingerprint density at radius 3 is 2.61 bits per heavy atom. The predicted molar refractivity (Wildman–Crippen MR) is 112 cm³/mol. The smallest absolute Gasteiger partial charge is 0.255 e. The number of anilines is 1. The van der Waals surface area contributed by atoms with Crippen molar-refractivity contribution in [1.82, 2.24) is 15.6 Å². The summed E-state index contributed by atoms with van der Waals surface area (Å²) in [5.74, 6) is -0.219. The molecule has 0 saturated carbocycles. The van der Waals surface area contributed by atoms with Crippen molar-refractivity contribution >= 4 is 42.3 Å². The average Bonchev–Trinajstić information content (AvgIpc) is 2.68. The molecule has 1 fully saturated rings. The molecule has 28 heavy (non-hydrogen) atoms. The predicted octanol–water partition coefficient (Wildman–Crippen LogP) is 2.17. The molecule has 2 amide bonds. The first kappa shape index (κ1) is 23.8. The lowest BCUT2D eigenvalue weighted by atomic mass is 10.1. The molecule has 2 aromatic rings. The van der Waals surface area contributed by atoms with Crippen LogP contribution >= 0.6 is 24.8 Å². The first-order valence-electron chi connectivity index (χ1n) is 8.59. The Bertz CT molecular complexity index is 739. The van der Waals surface area contributed by atoms with Crippen molar-refractivity contribution in [2.24, 2.45) is 0 Å². The van der Waals surface area contributed by atoms with E-state index in [-0.39, 0.29) is 42.7 Å². The number of nitrogens with one attached hydrogen (secondary N) is 3. The van der Waals surface area contributed by atoms with E-state index in [2.05, 4.69) is 20.9 Å². The van der Waals surface area contributed by atoms with Gasteiger partial charge >= 0.3 is 0 Å². The van der Waals surface area contributed by atoms with Crippen LogP contribution in [0.2, 0.25) is 0 Å². The van der Waals surface area contributed by atoms with Crippen LogP contribution in [-0.4, -0.2) is 42.6 Å². The third-order valence-electron chi connectivity index (χ3n) is 4.06. The van der Waals surface area contributed by atoms with E-state index in [1.165, 1.54) is 0 Å². The van der Waals surface area contributed by atoms with Crippen LogP contribution in [-0.2, 0) is 16.1 Å². The number of amides is 2. The molecule has 1 atom stereocenters. The van der Waals surface area contributed by atoms with E-state index in [1.807, 2.05) is 12.1 Å². The molecule has 1 aliphatic heterocycles. The topological polar surface area (TPSA) is 92.4 Å². The molecule has 1 saturated heterocycles. The highest BCUT2D eigenvalue weighted by molar-refractivity contribution is 6.04. The number of carbonyl (C=O) groups is 2. The van der Waals surface area contributed by atoms with Gasteiger partial charge in [0.25, 0.3) is 5.91 Å².